The molecule has 1 aromatic carbocycles. The number of fused-ring (bicyclic) bond motifs is 1. The molecular formula is C17H14N6O2S. The average molecular weight is 366 g/mol. The van der Waals surface area contributed by atoms with Crippen LogP contribution in [0.25, 0.3) is 22.4 Å². The smallest absolute Gasteiger partial charge is 0.269 e. The Morgan fingerprint density at radius 2 is 2.00 bits per heavy atom. The number of nitro benzene ring substituents is 1. The van der Waals surface area contributed by atoms with E-state index in [1.54, 1.807) is 36.5 Å². The number of thiocarbonyl (C=S) groups is 1. The molecule has 0 amide bonds. The summed E-state index contributed by atoms with van der Waals surface area (Å²) in [6, 6.07) is 9.65. The van der Waals surface area contributed by atoms with E-state index in [-0.39, 0.29) is 5.69 Å². The lowest BCUT2D eigenvalue weighted by atomic mass is 10.1. The standard InChI is InChI=1S/C17H14N6O2S/c1-2-9-18-17(26)22-15-8-7-13-16(21-15)20-14(10-19-13)11-3-5-12(6-4-11)23(24)25/h2-8,10H,1,9H2,(H2,18,20,21,22,26). The van der Waals surface area contributed by atoms with Gasteiger partial charge in [-0.05, 0) is 36.5 Å². The van der Waals surface area contributed by atoms with Crippen molar-refractivity contribution in [3.8, 4) is 11.3 Å². The minimum atomic E-state index is -0.446. The van der Waals surface area contributed by atoms with Crippen molar-refractivity contribution in [2.75, 3.05) is 11.9 Å². The van der Waals surface area contributed by atoms with Crippen molar-refractivity contribution in [2.24, 2.45) is 0 Å². The van der Waals surface area contributed by atoms with Crippen LogP contribution in [0.4, 0.5) is 11.5 Å². The molecule has 0 saturated carbocycles. The fourth-order valence-electron chi connectivity index (χ4n) is 2.19. The number of nitro groups is 1. The van der Waals surface area contributed by atoms with Crippen LogP contribution in [0, 0.1) is 10.1 Å². The van der Waals surface area contributed by atoms with Gasteiger partial charge in [0.15, 0.2) is 10.8 Å². The van der Waals surface area contributed by atoms with Crippen LogP contribution >= 0.6 is 12.2 Å². The monoisotopic (exact) mass is 366 g/mol. The van der Waals surface area contributed by atoms with Crippen molar-refractivity contribution in [2.45, 2.75) is 0 Å². The van der Waals surface area contributed by atoms with Crippen LogP contribution in [-0.4, -0.2) is 31.5 Å². The average Bonchev–Trinajstić information content (AvgIpc) is 2.66. The van der Waals surface area contributed by atoms with Gasteiger partial charge in [0.1, 0.15) is 11.3 Å². The molecule has 2 N–H and O–H groups in total. The van der Waals surface area contributed by atoms with Gasteiger partial charge in [0.2, 0.25) is 0 Å². The van der Waals surface area contributed by atoms with Gasteiger partial charge in [0.25, 0.3) is 5.69 Å². The van der Waals surface area contributed by atoms with Crippen LogP contribution in [0.2, 0.25) is 0 Å². The van der Waals surface area contributed by atoms with Crippen molar-refractivity contribution >= 4 is 40.0 Å². The molecule has 0 aliphatic heterocycles. The number of rotatable bonds is 5. The van der Waals surface area contributed by atoms with Crippen LogP contribution in [0.5, 0.6) is 0 Å². The lowest BCUT2D eigenvalue weighted by Gasteiger charge is -2.09. The Bertz CT molecular complexity index is 990. The maximum Gasteiger partial charge on any atom is 0.269 e. The minimum Gasteiger partial charge on any atom is -0.359 e. The second-order valence-corrected chi connectivity index (χ2v) is 5.63. The summed E-state index contributed by atoms with van der Waals surface area (Å²) in [5, 5.41) is 17.1. The van der Waals surface area contributed by atoms with Crippen molar-refractivity contribution in [1.29, 1.82) is 0 Å². The fraction of sp³-hybridized carbons (Fsp3) is 0.0588. The molecule has 0 atom stereocenters. The van der Waals surface area contributed by atoms with E-state index < -0.39 is 4.92 Å². The molecule has 0 saturated heterocycles. The highest BCUT2D eigenvalue weighted by Crippen LogP contribution is 2.22. The largest absolute Gasteiger partial charge is 0.359 e. The highest BCUT2D eigenvalue weighted by molar-refractivity contribution is 7.80. The summed E-state index contributed by atoms with van der Waals surface area (Å²) in [7, 11) is 0. The first kappa shape index (κ1) is 17.4. The van der Waals surface area contributed by atoms with E-state index in [2.05, 4.69) is 32.2 Å². The molecule has 9 heteroatoms. The molecule has 8 nitrogen and oxygen atoms in total. The van der Waals surface area contributed by atoms with E-state index in [0.29, 0.717) is 39.9 Å². The number of pyridine rings is 1. The van der Waals surface area contributed by atoms with Crippen LogP contribution in [0.15, 0.2) is 55.3 Å². The van der Waals surface area contributed by atoms with Crippen molar-refractivity contribution in [3.63, 3.8) is 0 Å². The molecule has 2 aromatic heterocycles. The van der Waals surface area contributed by atoms with Crippen molar-refractivity contribution in [1.82, 2.24) is 20.3 Å². The molecule has 3 aromatic rings. The van der Waals surface area contributed by atoms with Gasteiger partial charge in [0.05, 0.1) is 16.8 Å². The SMILES string of the molecule is C=CCNC(=S)Nc1ccc2ncc(-c3ccc([N+](=O)[O-])cc3)nc2n1. The summed E-state index contributed by atoms with van der Waals surface area (Å²) < 4.78 is 0. The minimum absolute atomic E-state index is 0.0210. The van der Waals surface area contributed by atoms with Crippen LogP contribution < -0.4 is 10.6 Å². The summed E-state index contributed by atoms with van der Waals surface area (Å²) in [5.41, 5.74) is 2.38. The second kappa shape index (κ2) is 7.62. The number of anilines is 1. The molecule has 0 unspecified atom stereocenters. The zero-order valence-electron chi connectivity index (χ0n) is 13.5. The number of nitrogens with one attached hydrogen (secondary N) is 2. The van der Waals surface area contributed by atoms with E-state index in [4.69, 9.17) is 12.2 Å². The summed E-state index contributed by atoms with van der Waals surface area (Å²) in [6.07, 6.45) is 3.30. The summed E-state index contributed by atoms with van der Waals surface area (Å²) in [5.74, 6) is 0.536. The van der Waals surface area contributed by atoms with E-state index in [1.165, 1.54) is 12.1 Å². The van der Waals surface area contributed by atoms with Crippen LogP contribution in [0.1, 0.15) is 0 Å². The lowest BCUT2D eigenvalue weighted by Crippen LogP contribution is -2.28. The number of benzene rings is 1. The Morgan fingerprint density at radius 1 is 1.23 bits per heavy atom. The number of nitrogens with zero attached hydrogens (tertiary/aromatic N) is 4. The summed E-state index contributed by atoms with van der Waals surface area (Å²) >= 11 is 5.16. The topological polar surface area (TPSA) is 106 Å². The highest BCUT2D eigenvalue weighted by atomic mass is 32.1. The van der Waals surface area contributed by atoms with Crippen LogP contribution in [0.3, 0.4) is 0 Å². The van der Waals surface area contributed by atoms with Crippen molar-refractivity contribution in [3.05, 3.63) is 65.4 Å². The van der Waals surface area contributed by atoms with E-state index in [0.717, 1.165) is 0 Å². The third kappa shape index (κ3) is 3.95. The summed E-state index contributed by atoms with van der Waals surface area (Å²) in [4.78, 5) is 23.5. The van der Waals surface area contributed by atoms with E-state index in [1.807, 2.05) is 0 Å². The molecule has 0 aliphatic rings. The summed E-state index contributed by atoms with van der Waals surface area (Å²) in [6.45, 7) is 4.16. The molecule has 0 bridgehead atoms. The van der Waals surface area contributed by atoms with Gasteiger partial charge in [-0.25, -0.2) is 9.97 Å². The van der Waals surface area contributed by atoms with Gasteiger partial charge in [-0.2, -0.15) is 0 Å². The normalized spacial score (nSPS) is 10.3. The van der Waals surface area contributed by atoms with E-state index in [9.17, 15) is 10.1 Å². The van der Waals surface area contributed by atoms with Crippen molar-refractivity contribution < 1.29 is 4.92 Å². The van der Waals surface area contributed by atoms with Gasteiger partial charge in [-0.3, -0.25) is 15.1 Å². The highest BCUT2D eigenvalue weighted by Gasteiger charge is 2.08. The molecule has 0 fully saturated rings. The molecule has 26 heavy (non-hydrogen) atoms. The third-order valence-electron chi connectivity index (χ3n) is 3.43. The Labute approximate surface area is 154 Å². The fourth-order valence-corrected chi connectivity index (χ4v) is 2.37. The lowest BCUT2D eigenvalue weighted by molar-refractivity contribution is -0.384. The zero-order valence-corrected chi connectivity index (χ0v) is 14.4. The Hall–Kier alpha value is -3.46. The molecule has 0 radical (unpaired) electrons. The maximum atomic E-state index is 10.8. The third-order valence-corrected chi connectivity index (χ3v) is 3.68. The number of hydrogen-bond donors (Lipinski definition) is 2. The molecule has 3 rings (SSSR count). The quantitative estimate of drug-likeness (QED) is 0.307. The predicted molar refractivity (Wildman–Crippen MR) is 104 cm³/mol. The Kier molecular flexibility index (Phi) is 5.09. The van der Waals surface area contributed by atoms with Crippen LogP contribution in [-0.2, 0) is 0 Å². The molecule has 0 spiro atoms. The van der Waals surface area contributed by atoms with Gasteiger partial charge in [0, 0.05) is 24.2 Å². The first-order valence-corrected chi connectivity index (χ1v) is 8.02. The Morgan fingerprint density at radius 3 is 2.69 bits per heavy atom. The molecule has 130 valence electrons. The van der Waals surface area contributed by atoms with Gasteiger partial charge >= 0.3 is 0 Å². The second-order valence-electron chi connectivity index (χ2n) is 5.22. The zero-order chi connectivity index (χ0) is 18.5. The molecule has 0 aliphatic carbocycles. The first-order valence-electron chi connectivity index (χ1n) is 7.61. The van der Waals surface area contributed by atoms with Gasteiger partial charge < -0.3 is 10.6 Å². The van der Waals surface area contributed by atoms with Gasteiger partial charge in [-0.15, -0.1) is 6.58 Å². The number of hydrogen-bond acceptors (Lipinski definition) is 6. The van der Waals surface area contributed by atoms with E-state index >= 15 is 0 Å². The predicted octanol–water partition coefficient (Wildman–Crippen LogP) is 3.07. The van der Waals surface area contributed by atoms with Gasteiger partial charge in [-0.1, -0.05) is 6.08 Å². The Balaban J connectivity index is 1.88. The number of aromatic nitrogens is 3. The number of non-ortho nitro benzene ring substituents is 1. The molecule has 2 heterocycles. The maximum absolute atomic E-state index is 10.8. The molecular weight excluding hydrogens is 352 g/mol. The first-order chi connectivity index (χ1) is 12.6.